The molecule has 4 aromatic rings. The average Bonchev–Trinajstić information content (AvgIpc) is 3.47. The van der Waals surface area contributed by atoms with Gasteiger partial charge in [-0.25, -0.2) is 4.98 Å². The van der Waals surface area contributed by atoms with Gasteiger partial charge in [0.2, 0.25) is 0 Å². The van der Waals surface area contributed by atoms with E-state index >= 15 is 0 Å². The van der Waals surface area contributed by atoms with Crippen molar-refractivity contribution in [3.63, 3.8) is 0 Å². The zero-order valence-corrected chi connectivity index (χ0v) is 19.2. The van der Waals surface area contributed by atoms with Crippen LogP contribution in [0.25, 0.3) is 10.2 Å². The maximum atomic E-state index is 12.5. The predicted octanol–water partition coefficient (Wildman–Crippen LogP) is 5.06. The zero-order chi connectivity index (χ0) is 23.2. The molecule has 4 rings (SSSR count). The molecule has 0 aliphatic heterocycles. The van der Waals surface area contributed by atoms with Gasteiger partial charge in [0.15, 0.2) is 16.0 Å². The molecule has 0 spiro atoms. The Morgan fingerprint density at radius 3 is 2.64 bits per heavy atom. The maximum absolute atomic E-state index is 12.5. The van der Waals surface area contributed by atoms with Gasteiger partial charge >= 0.3 is 0 Å². The van der Waals surface area contributed by atoms with Crippen molar-refractivity contribution in [2.75, 3.05) is 17.2 Å². The van der Waals surface area contributed by atoms with Crippen LogP contribution in [0.3, 0.4) is 0 Å². The van der Waals surface area contributed by atoms with E-state index in [1.165, 1.54) is 17.6 Å². The highest BCUT2D eigenvalue weighted by Gasteiger charge is 2.13. The van der Waals surface area contributed by atoms with Crippen LogP contribution in [-0.4, -0.2) is 28.5 Å². The number of benzene rings is 2. The molecule has 33 heavy (non-hydrogen) atoms. The number of rotatable bonds is 7. The molecule has 0 aliphatic rings. The Balaban J connectivity index is 1.36. The molecule has 0 saturated carbocycles. The number of fused-ring (bicyclic) bond motifs is 1. The summed E-state index contributed by atoms with van der Waals surface area (Å²) in [4.78, 5) is 29.0. The molecule has 0 aliphatic carbocycles. The second-order valence-corrected chi connectivity index (χ2v) is 8.35. The monoisotopic (exact) mass is 480 g/mol. The summed E-state index contributed by atoms with van der Waals surface area (Å²) in [6, 6.07) is 15.5. The van der Waals surface area contributed by atoms with E-state index in [2.05, 4.69) is 20.9 Å². The highest BCUT2D eigenvalue weighted by atomic mass is 32.1. The molecule has 0 radical (unpaired) electrons. The summed E-state index contributed by atoms with van der Waals surface area (Å²) >= 11 is 6.59. The SMILES string of the molecule is CCCOc1ccc(C(=O)NC(=S)Nc2ccc3nc(NC(=O)c4ccco4)sc3c2)cc1. The third-order valence-electron chi connectivity index (χ3n) is 4.43. The van der Waals surface area contributed by atoms with E-state index in [0.717, 1.165) is 16.6 Å². The second-order valence-electron chi connectivity index (χ2n) is 6.91. The Morgan fingerprint density at radius 1 is 1.09 bits per heavy atom. The molecule has 10 heteroatoms. The van der Waals surface area contributed by atoms with E-state index in [4.69, 9.17) is 21.4 Å². The minimum atomic E-state index is -0.369. The summed E-state index contributed by atoms with van der Waals surface area (Å²) in [7, 11) is 0. The molecule has 3 N–H and O–H groups in total. The summed E-state index contributed by atoms with van der Waals surface area (Å²) in [6.45, 7) is 2.66. The standard InChI is InChI=1S/C23H20N4O4S2/c1-2-11-30-16-8-5-14(6-9-16)20(28)26-22(32)24-15-7-10-17-19(13-15)33-23(25-17)27-21(29)18-4-3-12-31-18/h3-10,12-13H,2,11H2,1H3,(H,25,27,29)(H2,24,26,28,32). The highest BCUT2D eigenvalue weighted by molar-refractivity contribution is 7.80. The first-order chi connectivity index (χ1) is 16.0. The smallest absolute Gasteiger partial charge is 0.293 e. The molecule has 0 saturated heterocycles. The average molecular weight is 481 g/mol. The Hall–Kier alpha value is -3.76. The predicted molar refractivity (Wildman–Crippen MR) is 132 cm³/mol. The molecule has 2 heterocycles. The van der Waals surface area contributed by atoms with E-state index in [-0.39, 0.29) is 22.7 Å². The minimum absolute atomic E-state index is 0.168. The third kappa shape index (κ3) is 5.73. The first-order valence-corrected chi connectivity index (χ1v) is 11.3. The first kappa shape index (κ1) is 22.4. The minimum Gasteiger partial charge on any atom is -0.494 e. The van der Waals surface area contributed by atoms with E-state index < -0.39 is 0 Å². The summed E-state index contributed by atoms with van der Waals surface area (Å²) < 4.78 is 11.5. The quantitative estimate of drug-likeness (QED) is 0.318. The second kappa shape index (κ2) is 10.2. The number of hydrogen-bond acceptors (Lipinski definition) is 7. The van der Waals surface area contributed by atoms with Crippen LogP contribution in [0.4, 0.5) is 10.8 Å². The van der Waals surface area contributed by atoms with Gasteiger partial charge in [-0.3, -0.25) is 20.2 Å². The number of carbonyl (C=O) groups excluding carboxylic acids is 2. The lowest BCUT2D eigenvalue weighted by Gasteiger charge is -2.10. The van der Waals surface area contributed by atoms with Gasteiger partial charge in [-0.15, -0.1) is 0 Å². The summed E-state index contributed by atoms with van der Waals surface area (Å²) in [5.41, 5.74) is 1.88. The van der Waals surface area contributed by atoms with Crippen molar-refractivity contribution < 1.29 is 18.7 Å². The van der Waals surface area contributed by atoms with Crippen LogP contribution in [0.15, 0.2) is 65.3 Å². The molecular formula is C23H20N4O4S2. The lowest BCUT2D eigenvalue weighted by Crippen LogP contribution is -2.34. The van der Waals surface area contributed by atoms with Crippen LogP contribution in [-0.2, 0) is 0 Å². The summed E-state index contributed by atoms with van der Waals surface area (Å²) in [5.74, 6) is 0.232. The van der Waals surface area contributed by atoms with Gasteiger partial charge in [-0.1, -0.05) is 18.3 Å². The Labute approximate surface area is 199 Å². The lowest BCUT2D eigenvalue weighted by molar-refractivity contribution is 0.0975. The number of furan rings is 1. The maximum Gasteiger partial charge on any atom is 0.293 e. The molecule has 0 unspecified atom stereocenters. The van der Waals surface area contributed by atoms with Crippen LogP contribution in [0.1, 0.15) is 34.3 Å². The van der Waals surface area contributed by atoms with Crippen LogP contribution < -0.4 is 20.7 Å². The van der Waals surface area contributed by atoms with Gasteiger partial charge in [0.25, 0.3) is 11.8 Å². The Bertz CT molecular complexity index is 1280. The van der Waals surface area contributed by atoms with Crippen molar-refractivity contribution in [1.82, 2.24) is 10.3 Å². The van der Waals surface area contributed by atoms with Gasteiger partial charge in [0.05, 0.1) is 23.1 Å². The fraction of sp³-hybridized carbons (Fsp3) is 0.130. The van der Waals surface area contributed by atoms with Gasteiger partial charge in [-0.2, -0.15) is 0 Å². The molecule has 0 bridgehead atoms. The largest absolute Gasteiger partial charge is 0.494 e. The van der Waals surface area contributed by atoms with E-state index in [0.29, 0.717) is 28.7 Å². The first-order valence-electron chi connectivity index (χ1n) is 10.1. The number of amides is 2. The summed E-state index contributed by atoms with van der Waals surface area (Å²) in [6.07, 6.45) is 2.35. The van der Waals surface area contributed by atoms with Gasteiger partial charge < -0.3 is 14.5 Å². The number of thiazole rings is 1. The molecule has 0 atom stereocenters. The van der Waals surface area contributed by atoms with Crippen LogP contribution in [0, 0.1) is 0 Å². The number of anilines is 2. The number of nitrogens with one attached hydrogen (secondary N) is 3. The lowest BCUT2D eigenvalue weighted by atomic mass is 10.2. The summed E-state index contributed by atoms with van der Waals surface area (Å²) in [5, 5.41) is 8.99. The molecule has 2 amide bonds. The van der Waals surface area contributed by atoms with Crippen molar-refractivity contribution in [3.8, 4) is 5.75 Å². The van der Waals surface area contributed by atoms with Crippen LogP contribution >= 0.6 is 23.6 Å². The number of thiocarbonyl (C=S) groups is 1. The van der Waals surface area contributed by atoms with Crippen molar-refractivity contribution in [2.45, 2.75) is 13.3 Å². The van der Waals surface area contributed by atoms with E-state index in [1.807, 2.05) is 13.0 Å². The van der Waals surface area contributed by atoms with Crippen LogP contribution in [0.2, 0.25) is 0 Å². The number of aromatic nitrogens is 1. The van der Waals surface area contributed by atoms with Gasteiger partial charge in [-0.05, 0) is 73.2 Å². The number of ether oxygens (including phenoxy) is 1. The van der Waals surface area contributed by atoms with Crippen molar-refractivity contribution in [3.05, 3.63) is 72.2 Å². The molecule has 2 aromatic carbocycles. The third-order valence-corrected chi connectivity index (χ3v) is 5.57. The van der Waals surface area contributed by atoms with Gasteiger partial charge in [0.1, 0.15) is 5.75 Å². The van der Waals surface area contributed by atoms with Crippen molar-refractivity contribution in [1.29, 1.82) is 0 Å². The number of nitrogens with zero attached hydrogens (tertiary/aromatic N) is 1. The number of hydrogen-bond donors (Lipinski definition) is 3. The van der Waals surface area contributed by atoms with Gasteiger partial charge in [0, 0.05) is 11.3 Å². The zero-order valence-electron chi connectivity index (χ0n) is 17.6. The van der Waals surface area contributed by atoms with E-state index in [9.17, 15) is 9.59 Å². The van der Waals surface area contributed by atoms with E-state index in [1.54, 1.807) is 48.5 Å². The van der Waals surface area contributed by atoms with Crippen molar-refractivity contribution >= 4 is 61.5 Å². The highest BCUT2D eigenvalue weighted by Crippen LogP contribution is 2.28. The molecule has 0 fully saturated rings. The van der Waals surface area contributed by atoms with Crippen LogP contribution in [0.5, 0.6) is 5.75 Å². The Morgan fingerprint density at radius 2 is 1.91 bits per heavy atom. The molecule has 8 nitrogen and oxygen atoms in total. The topological polar surface area (TPSA) is 105 Å². The normalized spacial score (nSPS) is 10.6. The van der Waals surface area contributed by atoms with Crippen molar-refractivity contribution in [2.24, 2.45) is 0 Å². The number of carbonyl (C=O) groups is 2. The molecule has 2 aromatic heterocycles. The fourth-order valence-electron chi connectivity index (χ4n) is 2.88. The Kier molecular flexibility index (Phi) is 6.96. The fourth-order valence-corrected chi connectivity index (χ4v) is 3.99. The molecular weight excluding hydrogens is 460 g/mol. The molecule has 168 valence electrons.